The van der Waals surface area contributed by atoms with Crippen molar-refractivity contribution in [3.05, 3.63) is 47.5 Å². The number of ether oxygens (including phenoxy) is 2. The van der Waals surface area contributed by atoms with Gasteiger partial charge in [-0.2, -0.15) is 0 Å². The summed E-state index contributed by atoms with van der Waals surface area (Å²) in [5.41, 5.74) is 3.13. The molecule has 0 atom stereocenters. The number of hydrogen-bond acceptors (Lipinski definition) is 4. The van der Waals surface area contributed by atoms with E-state index in [1.54, 1.807) is 0 Å². The summed E-state index contributed by atoms with van der Waals surface area (Å²) in [5, 5.41) is 2.96. The molecule has 0 radical (unpaired) electrons. The van der Waals surface area contributed by atoms with E-state index in [-0.39, 0.29) is 5.91 Å². The number of fused-ring (bicyclic) bond motifs is 1. The second-order valence-electron chi connectivity index (χ2n) is 5.81. The lowest BCUT2D eigenvalue weighted by atomic mass is 10.1. The Bertz CT molecular complexity index is 745. The number of nitrogens with one attached hydrogen (secondary N) is 1. The van der Waals surface area contributed by atoms with Crippen LogP contribution >= 0.6 is 11.8 Å². The van der Waals surface area contributed by atoms with Crippen molar-refractivity contribution in [2.75, 3.05) is 24.3 Å². The van der Waals surface area contributed by atoms with Gasteiger partial charge in [-0.1, -0.05) is 17.7 Å². The maximum absolute atomic E-state index is 12.2. The molecule has 5 heteroatoms. The molecule has 0 aliphatic carbocycles. The highest BCUT2D eigenvalue weighted by Gasteiger charge is 2.12. The van der Waals surface area contributed by atoms with Crippen LogP contribution in [0.2, 0.25) is 0 Å². The molecular formula is C19H21NO3S. The van der Waals surface area contributed by atoms with Crippen LogP contribution in [0.3, 0.4) is 0 Å². The van der Waals surface area contributed by atoms with E-state index in [1.165, 1.54) is 17.3 Å². The summed E-state index contributed by atoms with van der Waals surface area (Å²) in [6, 6.07) is 11.8. The molecule has 0 spiro atoms. The van der Waals surface area contributed by atoms with Gasteiger partial charge in [0.05, 0.1) is 19.0 Å². The summed E-state index contributed by atoms with van der Waals surface area (Å²) in [4.78, 5) is 13.2. The summed E-state index contributed by atoms with van der Waals surface area (Å²) in [6.45, 7) is 5.38. The molecule has 4 nitrogen and oxygen atoms in total. The van der Waals surface area contributed by atoms with E-state index in [0.717, 1.165) is 34.1 Å². The van der Waals surface area contributed by atoms with E-state index < -0.39 is 0 Å². The van der Waals surface area contributed by atoms with Crippen molar-refractivity contribution in [1.82, 2.24) is 0 Å². The second kappa shape index (κ2) is 7.62. The van der Waals surface area contributed by atoms with Crippen molar-refractivity contribution in [3.63, 3.8) is 0 Å². The number of thioether (sulfide) groups is 1. The van der Waals surface area contributed by atoms with Crippen LogP contribution < -0.4 is 14.8 Å². The fraction of sp³-hybridized carbons (Fsp3) is 0.316. The Morgan fingerprint density at radius 1 is 1.08 bits per heavy atom. The van der Waals surface area contributed by atoms with Crippen molar-refractivity contribution >= 4 is 23.4 Å². The van der Waals surface area contributed by atoms with Crippen LogP contribution in [-0.2, 0) is 4.79 Å². The highest BCUT2D eigenvalue weighted by Crippen LogP contribution is 2.33. The minimum atomic E-state index is -0.0148. The molecule has 2 aromatic rings. The van der Waals surface area contributed by atoms with E-state index in [0.29, 0.717) is 19.0 Å². The Morgan fingerprint density at radius 3 is 2.67 bits per heavy atom. The lowest BCUT2D eigenvalue weighted by Gasteiger charge is -2.10. The third kappa shape index (κ3) is 4.23. The molecule has 0 fully saturated rings. The minimum absolute atomic E-state index is 0.0148. The molecule has 1 aliphatic heterocycles. The smallest absolute Gasteiger partial charge is 0.234 e. The Kier molecular flexibility index (Phi) is 5.30. The summed E-state index contributed by atoms with van der Waals surface area (Å²) in [6.07, 6.45) is 0.884. The normalized spacial score (nSPS) is 13.2. The van der Waals surface area contributed by atoms with E-state index in [9.17, 15) is 4.79 Å². The van der Waals surface area contributed by atoms with Gasteiger partial charge in [-0.3, -0.25) is 4.79 Å². The summed E-state index contributed by atoms with van der Waals surface area (Å²) >= 11 is 1.49. The quantitative estimate of drug-likeness (QED) is 0.846. The van der Waals surface area contributed by atoms with Gasteiger partial charge in [0.25, 0.3) is 0 Å². The molecule has 0 bridgehead atoms. The van der Waals surface area contributed by atoms with Gasteiger partial charge in [0, 0.05) is 17.0 Å². The van der Waals surface area contributed by atoms with Crippen LogP contribution in [0.15, 0.2) is 41.3 Å². The average Bonchev–Trinajstić information content (AvgIpc) is 2.80. The molecule has 24 heavy (non-hydrogen) atoms. The van der Waals surface area contributed by atoms with Gasteiger partial charge in [0.2, 0.25) is 5.91 Å². The van der Waals surface area contributed by atoms with Gasteiger partial charge in [-0.15, -0.1) is 11.8 Å². The first-order chi connectivity index (χ1) is 11.6. The van der Waals surface area contributed by atoms with Gasteiger partial charge in [-0.25, -0.2) is 0 Å². The Hall–Kier alpha value is -2.14. The summed E-state index contributed by atoms with van der Waals surface area (Å²) in [7, 11) is 0. The second-order valence-corrected chi connectivity index (χ2v) is 6.86. The molecule has 1 amide bonds. The molecular weight excluding hydrogens is 322 g/mol. The van der Waals surface area contributed by atoms with Crippen molar-refractivity contribution in [3.8, 4) is 11.5 Å². The zero-order valence-corrected chi connectivity index (χ0v) is 14.7. The standard InChI is InChI=1S/C19H21NO3S/c1-13-4-6-16(14(2)10-13)20-19(21)12-24-15-5-7-17-18(11-15)23-9-3-8-22-17/h4-7,10-11H,3,8-9,12H2,1-2H3,(H,20,21). The third-order valence-electron chi connectivity index (χ3n) is 3.74. The number of benzene rings is 2. The van der Waals surface area contributed by atoms with E-state index in [2.05, 4.69) is 11.4 Å². The number of amides is 1. The zero-order chi connectivity index (χ0) is 16.9. The van der Waals surface area contributed by atoms with Crippen molar-refractivity contribution < 1.29 is 14.3 Å². The monoisotopic (exact) mass is 343 g/mol. The number of hydrogen-bond donors (Lipinski definition) is 1. The zero-order valence-electron chi connectivity index (χ0n) is 13.9. The van der Waals surface area contributed by atoms with Crippen LogP contribution in [0, 0.1) is 13.8 Å². The molecule has 1 heterocycles. The van der Waals surface area contributed by atoms with Gasteiger partial charge in [0.15, 0.2) is 11.5 Å². The molecule has 3 rings (SSSR count). The lowest BCUT2D eigenvalue weighted by Crippen LogP contribution is -2.14. The number of carbonyl (C=O) groups excluding carboxylic acids is 1. The first-order valence-electron chi connectivity index (χ1n) is 8.01. The number of rotatable bonds is 4. The van der Waals surface area contributed by atoms with Crippen LogP contribution in [0.1, 0.15) is 17.5 Å². The molecule has 126 valence electrons. The molecule has 1 aliphatic rings. The minimum Gasteiger partial charge on any atom is -0.490 e. The van der Waals surface area contributed by atoms with Gasteiger partial charge >= 0.3 is 0 Å². The van der Waals surface area contributed by atoms with Crippen molar-refractivity contribution in [2.45, 2.75) is 25.2 Å². The molecule has 0 aromatic heterocycles. The van der Waals surface area contributed by atoms with Crippen molar-refractivity contribution in [2.24, 2.45) is 0 Å². The van der Waals surface area contributed by atoms with Crippen LogP contribution in [-0.4, -0.2) is 24.9 Å². The van der Waals surface area contributed by atoms with Gasteiger partial charge in [-0.05, 0) is 43.7 Å². The highest BCUT2D eigenvalue weighted by atomic mass is 32.2. The molecule has 1 N–H and O–H groups in total. The largest absolute Gasteiger partial charge is 0.490 e. The topological polar surface area (TPSA) is 47.6 Å². The van der Waals surface area contributed by atoms with Crippen LogP contribution in [0.5, 0.6) is 11.5 Å². The number of anilines is 1. The predicted octanol–water partition coefficient (Wildman–Crippen LogP) is 4.20. The average molecular weight is 343 g/mol. The maximum Gasteiger partial charge on any atom is 0.234 e. The Morgan fingerprint density at radius 2 is 1.88 bits per heavy atom. The first-order valence-corrected chi connectivity index (χ1v) is 9.00. The molecule has 0 saturated carbocycles. The summed E-state index contributed by atoms with van der Waals surface area (Å²) < 4.78 is 11.3. The fourth-order valence-corrected chi connectivity index (χ4v) is 3.25. The molecule has 2 aromatic carbocycles. The fourth-order valence-electron chi connectivity index (χ4n) is 2.52. The van der Waals surface area contributed by atoms with E-state index in [1.807, 2.05) is 44.2 Å². The first kappa shape index (κ1) is 16.7. The van der Waals surface area contributed by atoms with Crippen LogP contribution in [0.4, 0.5) is 5.69 Å². The number of carbonyl (C=O) groups is 1. The highest BCUT2D eigenvalue weighted by molar-refractivity contribution is 8.00. The number of aryl methyl sites for hydroxylation is 2. The van der Waals surface area contributed by atoms with E-state index >= 15 is 0 Å². The van der Waals surface area contributed by atoms with Gasteiger partial charge in [0.1, 0.15) is 0 Å². The summed E-state index contributed by atoms with van der Waals surface area (Å²) in [5.74, 6) is 1.87. The molecule has 0 unspecified atom stereocenters. The SMILES string of the molecule is Cc1ccc(NC(=O)CSc2ccc3c(c2)OCCCO3)c(C)c1. The maximum atomic E-state index is 12.2. The van der Waals surface area contributed by atoms with Crippen LogP contribution in [0.25, 0.3) is 0 Å². The lowest BCUT2D eigenvalue weighted by molar-refractivity contribution is -0.113. The Balaban J connectivity index is 1.59. The van der Waals surface area contributed by atoms with E-state index in [4.69, 9.17) is 9.47 Å². The van der Waals surface area contributed by atoms with Crippen molar-refractivity contribution in [1.29, 1.82) is 0 Å². The Labute approximate surface area is 146 Å². The molecule has 0 saturated heterocycles. The third-order valence-corrected chi connectivity index (χ3v) is 4.74. The van der Waals surface area contributed by atoms with Gasteiger partial charge < -0.3 is 14.8 Å². The predicted molar refractivity (Wildman–Crippen MR) is 97.3 cm³/mol.